The standard InChI is InChI=1S/C10H13BrN2O2S/c11-8-1-2-9-10(7-8)16(14,15)6-5-13(9)4-3-12/h1-2,7H,3-6,12H2. The average Bonchev–Trinajstić information content (AvgIpc) is 2.23. The summed E-state index contributed by atoms with van der Waals surface area (Å²) >= 11 is 3.29. The van der Waals surface area contributed by atoms with Crippen molar-refractivity contribution in [1.82, 2.24) is 0 Å². The Kier molecular flexibility index (Phi) is 3.23. The molecule has 0 unspecified atom stereocenters. The Morgan fingerprint density at radius 2 is 2.19 bits per heavy atom. The molecule has 1 heterocycles. The van der Waals surface area contributed by atoms with E-state index >= 15 is 0 Å². The average molecular weight is 305 g/mol. The van der Waals surface area contributed by atoms with Crippen molar-refractivity contribution in [2.45, 2.75) is 4.90 Å². The molecule has 0 saturated carbocycles. The normalized spacial score (nSPS) is 18.2. The first-order valence-electron chi connectivity index (χ1n) is 5.02. The minimum atomic E-state index is -3.13. The first kappa shape index (κ1) is 11.9. The van der Waals surface area contributed by atoms with Crippen molar-refractivity contribution < 1.29 is 8.42 Å². The molecule has 6 heteroatoms. The lowest BCUT2D eigenvalue weighted by Crippen LogP contribution is -2.38. The molecule has 1 aromatic carbocycles. The highest BCUT2D eigenvalue weighted by atomic mass is 79.9. The van der Waals surface area contributed by atoms with E-state index in [4.69, 9.17) is 5.73 Å². The highest BCUT2D eigenvalue weighted by molar-refractivity contribution is 9.10. The summed E-state index contributed by atoms with van der Waals surface area (Å²) in [5, 5.41) is 0. The Labute approximate surface area is 103 Å². The van der Waals surface area contributed by atoms with Gasteiger partial charge < -0.3 is 10.6 Å². The summed E-state index contributed by atoms with van der Waals surface area (Å²) in [4.78, 5) is 2.42. The Hall–Kier alpha value is -0.590. The van der Waals surface area contributed by atoms with E-state index in [9.17, 15) is 8.42 Å². The fourth-order valence-corrected chi connectivity index (χ4v) is 3.86. The third-order valence-corrected chi connectivity index (χ3v) is 4.84. The third kappa shape index (κ3) is 2.09. The molecule has 0 saturated heterocycles. The third-order valence-electron chi connectivity index (χ3n) is 2.63. The molecule has 2 N–H and O–H groups in total. The number of nitrogens with zero attached hydrogens (tertiary/aromatic N) is 1. The summed E-state index contributed by atoms with van der Waals surface area (Å²) in [5.41, 5.74) is 6.28. The van der Waals surface area contributed by atoms with Gasteiger partial charge in [0.15, 0.2) is 9.84 Å². The highest BCUT2D eigenvalue weighted by Gasteiger charge is 2.27. The van der Waals surface area contributed by atoms with Gasteiger partial charge in [0.05, 0.1) is 16.3 Å². The van der Waals surface area contributed by atoms with Crippen LogP contribution in [0.15, 0.2) is 27.6 Å². The van der Waals surface area contributed by atoms with E-state index in [0.29, 0.717) is 24.5 Å². The molecular weight excluding hydrogens is 292 g/mol. The predicted molar refractivity (Wildman–Crippen MR) is 67.5 cm³/mol. The molecule has 0 atom stereocenters. The molecule has 1 aliphatic heterocycles. The molecule has 1 aromatic rings. The quantitative estimate of drug-likeness (QED) is 0.885. The van der Waals surface area contributed by atoms with E-state index in [1.165, 1.54) is 0 Å². The van der Waals surface area contributed by atoms with E-state index in [0.717, 1.165) is 10.2 Å². The van der Waals surface area contributed by atoms with Crippen LogP contribution >= 0.6 is 15.9 Å². The van der Waals surface area contributed by atoms with Crippen LogP contribution in [-0.4, -0.2) is 33.8 Å². The van der Waals surface area contributed by atoms with Crippen LogP contribution in [0.3, 0.4) is 0 Å². The highest BCUT2D eigenvalue weighted by Crippen LogP contribution is 2.32. The van der Waals surface area contributed by atoms with Gasteiger partial charge in [0.2, 0.25) is 0 Å². The summed E-state index contributed by atoms with van der Waals surface area (Å²) in [7, 11) is -3.13. The van der Waals surface area contributed by atoms with Crippen LogP contribution in [0.2, 0.25) is 0 Å². The van der Waals surface area contributed by atoms with E-state index in [-0.39, 0.29) is 5.75 Å². The maximum Gasteiger partial charge on any atom is 0.182 e. The van der Waals surface area contributed by atoms with Gasteiger partial charge in [-0.05, 0) is 18.2 Å². The van der Waals surface area contributed by atoms with Gasteiger partial charge in [-0.2, -0.15) is 0 Å². The smallest absolute Gasteiger partial charge is 0.182 e. The molecule has 0 bridgehead atoms. The zero-order chi connectivity index (χ0) is 11.8. The van der Waals surface area contributed by atoms with Crippen LogP contribution in [0, 0.1) is 0 Å². The van der Waals surface area contributed by atoms with Crippen molar-refractivity contribution in [2.24, 2.45) is 5.73 Å². The van der Waals surface area contributed by atoms with Gasteiger partial charge in [0.25, 0.3) is 0 Å². The summed E-state index contributed by atoms with van der Waals surface area (Å²) in [5.74, 6) is 0.163. The Bertz CT molecular complexity index is 502. The van der Waals surface area contributed by atoms with Crippen LogP contribution in [-0.2, 0) is 9.84 Å². The summed E-state index contributed by atoms with van der Waals surface area (Å²) in [6, 6.07) is 5.34. The van der Waals surface area contributed by atoms with Crippen molar-refractivity contribution in [1.29, 1.82) is 0 Å². The zero-order valence-electron chi connectivity index (χ0n) is 8.69. The van der Waals surface area contributed by atoms with Gasteiger partial charge >= 0.3 is 0 Å². The van der Waals surface area contributed by atoms with Gasteiger partial charge in [-0.3, -0.25) is 0 Å². The lowest BCUT2D eigenvalue weighted by molar-refractivity contribution is 0.589. The number of benzene rings is 1. The second-order valence-corrected chi connectivity index (χ2v) is 6.70. The molecule has 0 spiro atoms. The van der Waals surface area contributed by atoms with Crippen molar-refractivity contribution in [2.75, 3.05) is 30.3 Å². The SMILES string of the molecule is NCCN1CCS(=O)(=O)c2cc(Br)ccc21. The molecule has 0 aromatic heterocycles. The second kappa shape index (κ2) is 4.35. The second-order valence-electron chi connectivity index (χ2n) is 3.71. The van der Waals surface area contributed by atoms with E-state index < -0.39 is 9.84 Å². The van der Waals surface area contributed by atoms with Crippen molar-refractivity contribution in [3.8, 4) is 0 Å². The van der Waals surface area contributed by atoms with Gasteiger partial charge in [-0.1, -0.05) is 15.9 Å². The van der Waals surface area contributed by atoms with Crippen molar-refractivity contribution in [3.63, 3.8) is 0 Å². The Morgan fingerprint density at radius 1 is 1.44 bits per heavy atom. The molecule has 0 fully saturated rings. The maximum absolute atomic E-state index is 11.9. The van der Waals surface area contributed by atoms with E-state index in [1.807, 2.05) is 17.0 Å². The lowest BCUT2D eigenvalue weighted by atomic mass is 10.2. The zero-order valence-corrected chi connectivity index (χ0v) is 11.1. The minimum absolute atomic E-state index is 0.163. The fraction of sp³-hybridized carbons (Fsp3) is 0.400. The predicted octanol–water partition coefficient (Wildman–Crippen LogP) is 1.00. The number of hydrogen-bond acceptors (Lipinski definition) is 4. The summed E-state index contributed by atoms with van der Waals surface area (Å²) in [6.45, 7) is 1.73. The van der Waals surface area contributed by atoms with Crippen LogP contribution in [0.4, 0.5) is 5.69 Å². The van der Waals surface area contributed by atoms with Crippen molar-refractivity contribution >= 4 is 31.5 Å². The number of nitrogens with two attached hydrogens (primary N) is 1. The molecule has 88 valence electrons. The molecule has 0 amide bonds. The number of sulfone groups is 1. The van der Waals surface area contributed by atoms with Crippen LogP contribution in [0.1, 0.15) is 0 Å². The number of hydrogen-bond donors (Lipinski definition) is 1. The summed E-state index contributed by atoms with van der Waals surface area (Å²) in [6.07, 6.45) is 0. The minimum Gasteiger partial charge on any atom is -0.368 e. The number of rotatable bonds is 2. The van der Waals surface area contributed by atoms with E-state index in [2.05, 4.69) is 15.9 Å². The van der Waals surface area contributed by atoms with E-state index in [1.54, 1.807) is 6.07 Å². The largest absolute Gasteiger partial charge is 0.368 e. The lowest BCUT2D eigenvalue weighted by Gasteiger charge is -2.30. The first-order valence-corrected chi connectivity index (χ1v) is 7.46. The Morgan fingerprint density at radius 3 is 2.88 bits per heavy atom. The fourth-order valence-electron chi connectivity index (χ4n) is 1.85. The molecule has 2 rings (SSSR count). The van der Waals surface area contributed by atoms with Crippen LogP contribution in [0.25, 0.3) is 0 Å². The number of halogens is 1. The van der Waals surface area contributed by atoms with Gasteiger partial charge in [-0.15, -0.1) is 0 Å². The molecular formula is C10H13BrN2O2S. The van der Waals surface area contributed by atoms with Gasteiger partial charge in [0.1, 0.15) is 0 Å². The van der Waals surface area contributed by atoms with Crippen LogP contribution < -0.4 is 10.6 Å². The molecule has 0 radical (unpaired) electrons. The van der Waals surface area contributed by atoms with Gasteiger partial charge in [0, 0.05) is 24.1 Å². The molecule has 0 aliphatic carbocycles. The van der Waals surface area contributed by atoms with Gasteiger partial charge in [-0.25, -0.2) is 8.42 Å². The Balaban J connectivity index is 2.53. The molecule has 4 nitrogen and oxygen atoms in total. The maximum atomic E-state index is 11.9. The van der Waals surface area contributed by atoms with Crippen molar-refractivity contribution in [3.05, 3.63) is 22.7 Å². The number of fused-ring (bicyclic) bond motifs is 1. The number of anilines is 1. The monoisotopic (exact) mass is 304 g/mol. The first-order chi connectivity index (χ1) is 7.54. The topological polar surface area (TPSA) is 63.4 Å². The summed E-state index contributed by atoms with van der Waals surface area (Å²) < 4.78 is 24.6. The molecule has 1 aliphatic rings. The molecule has 16 heavy (non-hydrogen) atoms. The van der Waals surface area contributed by atoms with Crippen LogP contribution in [0.5, 0.6) is 0 Å².